The van der Waals surface area contributed by atoms with E-state index in [1.165, 1.54) is 29.2 Å². The minimum atomic E-state index is -4.23. The number of anilines is 1. The number of sulfonamides is 1. The molecule has 4 aromatic carbocycles. The molecule has 0 saturated heterocycles. The first-order valence-corrected chi connectivity index (χ1v) is 16.1. The van der Waals surface area contributed by atoms with E-state index >= 15 is 0 Å². The molecule has 0 aromatic heterocycles. The number of nitrogens with one attached hydrogen (secondary N) is 1. The van der Waals surface area contributed by atoms with Crippen molar-refractivity contribution in [1.29, 1.82) is 0 Å². The lowest BCUT2D eigenvalue weighted by atomic mass is 10.0. The van der Waals surface area contributed by atoms with E-state index < -0.39 is 34.4 Å². The molecule has 0 heterocycles. The largest absolute Gasteiger partial charge is 0.355 e. The van der Waals surface area contributed by atoms with Gasteiger partial charge in [0, 0.05) is 40.1 Å². The monoisotopic (exact) mass is 657 g/mol. The Hall–Kier alpha value is -3.56. The van der Waals surface area contributed by atoms with Gasteiger partial charge < -0.3 is 10.2 Å². The highest BCUT2D eigenvalue weighted by atomic mass is 35.5. The van der Waals surface area contributed by atoms with Gasteiger partial charge >= 0.3 is 0 Å². The summed E-state index contributed by atoms with van der Waals surface area (Å²) in [6.07, 6.45) is 0.176. The van der Waals surface area contributed by atoms with Crippen molar-refractivity contribution in [2.75, 3.05) is 17.4 Å². The van der Waals surface area contributed by atoms with E-state index in [4.69, 9.17) is 34.8 Å². The predicted octanol–water partition coefficient (Wildman–Crippen LogP) is 6.62. The molecule has 0 unspecified atom stereocenters. The molecule has 43 heavy (non-hydrogen) atoms. The maximum Gasteiger partial charge on any atom is 0.264 e. The molecule has 0 saturated carbocycles. The lowest BCUT2D eigenvalue weighted by Gasteiger charge is -2.34. The van der Waals surface area contributed by atoms with Crippen LogP contribution in [0.1, 0.15) is 18.1 Å². The molecule has 11 heteroatoms. The van der Waals surface area contributed by atoms with Crippen LogP contribution in [0.5, 0.6) is 0 Å². The van der Waals surface area contributed by atoms with E-state index in [9.17, 15) is 18.0 Å². The summed E-state index contributed by atoms with van der Waals surface area (Å²) >= 11 is 19.0. The van der Waals surface area contributed by atoms with Gasteiger partial charge in [0.25, 0.3) is 10.0 Å². The lowest BCUT2D eigenvalue weighted by molar-refractivity contribution is -0.140. The zero-order valence-corrected chi connectivity index (χ0v) is 26.4. The van der Waals surface area contributed by atoms with Crippen LogP contribution in [0.25, 0.3) is 0 Å². The van der Waals surface area contributed by atoms with Crippen molar-refractivity contribution in [2.45, 2.75) is 30.8 Å². The maximum absolute atomic E-state index is 14.4. The third kappa shape index (κ3) is 8.09. The average molecular weight is 659 g/mol. The Balaban J connectivity index is 1.81. The van der Waals surface area contributed by atoms with Crippen LogP contribution < -0.4 is 9.62 Å². The Morgan fingerprint density at radius 3 is 1.95 bits per heavy atom. The summed E-state index contributed by atoms with van der Waals surface area (Å²) in [5, 5.41) is 3.82. The van der Waals surface area contributed by atoms with Crippen LogP contribution >= 0.6 is 34.8 Å². The van der Waals surface area contributed by atoms with Crippen molar-refractivity contribution in [2.24, 2.45) is 0 Å². The van der Waals surface area contributed by atoms with Gasteiger partial charge in [-0.1, -0.05) is 89.4 Å². The minimum Gasteiger partial charge on any atom is -0.355 e. The molecule has 2 amide bonds. The number of carbonyl (C=O) groups excluding carboxylic acids is 2. The van der Waals surface area contributed by atoms with Gasteiger partial charge in [-0.25, -0.2) is 8.42 Å². The standard InChI is InChI=1S/C32H30Cl3N3O4S/c1-2-36-32(40)30(20-23-10-5-3-6-11-23)37(21-27-28(34)14-9-15-29(27)35)31(39)22-38(25-12-7-4-8-13-25)43(41,42)26-18-16-24(33)17-19-26/h3-19,30H,2,20-22H2,1H3,(H,36,40)/t30-/m0/s1. The van der Waals surface area contributed by atoms with E-state index in [1.807, 2.05) is 30.3 Å². The third-order valence-corrected chi connectivity index (χ3v) is 9.49. The molecule has 0 aliphatic carbocycles. The molecule has 4 rings (SSSR count). The zero-order valence-electron chi connectivity index (χ0n) is 23.3. The quantitative estimate of drug-likeness (QED) is 0.185. The zero-order chi connectivity index (χ0) is 31.0. The van der Waals surface area contributed by atoms with Gasteiger partial charge in [0.2, 0.25) is 11.8 Å². The molecule has 0 aliphatic heterocycles. The Labute approximate surface area is 267 Å². The predicted molar refractivity (Wildman–Crippen MR) is 172 cm³/mol. The molecule has 4 aromatic rings. The summed E-state index contributed by atoms with van der Waals surface area (Å²) in [6, 6.07) is 27.2. The van der Waals surface area contributed by atoms with Crippen molar-refractivity contribution in [3.63, 3.8) is 0 Å². The maximum atomic E-state index is 14.4. The van der Waals surface area contributed by atoms with E-state index in [0.717, 1.165) is 9.87 Å². The van der Waals surface area contributed by atoms with Gasteiger partial charge in [-0.3, -0.25) is 13.9 Å². The van der Waals surface area contributed by atoms with Gasteiger partial charge in [-0.2, -0.15) is 0 Å². The lowest BCUT2D eigenvalue weighted by Crippen LogP contribution is -2.53. The second-order valence-electron chi connectivity index (χ2n) is 9.62. The summed E-state index contributed by atoms with van der Waals surface area (Å²) in [6.45, 7) is 1.39. The van der Waals surface area contributed by atoms with Gasteiger partial charge in [0.05, 0.1) is 10.6 Å². The van der Waals surface area contributed by atoms with Crippen LogP contribution in [-0.2, 0) is 32.6 Å². The molecule has 0 spiro atoms. The molecule has 0 aliphatic rings. The molecule has 1 atom stereocenters. The second kappa shape index (κ2) is 14.8. The van der Waals surface area contributed by atoms with E-state index in [-0.39, 0.29) is 23.5 Å². The van der Waals surface area contributed by atoms with Crippen LogP contribution in [0.3, 0.4) is 0 Å². The van der Waals surface area contributed by atoms with Gasteiger partial charge in [0.15, 0.2) is 0 Å². The number of likely N-dealkylation sites (N-methyl/N-ethyl adjacent to an activating group) is 1. The summed E-state index contributed by atoms with van der Waals surface area (Å²) in [7, 11) is -4.23. The molecule has 0 bridgehead atoms. The summed E-state index contributed by atoms with van der Waals surface area (Å²) < 4.78 is 28.9. The Kier molecular flexibility index (Phi) is 11.1. The number of hydrogen-bond acceptors (Lipinski definition) is 4. The fraction of sp³-hybridized carbons (Fsp3) is 0.188. The number of para-hydroxylation sites is 1. The summed E-state index contributed by atoms with van der Waals surface area (Å²) in [5.74, 6) is -1.01. The van der Waals surface area contributed by atoms with E-state index in [1.54, 1.807) is 55.5 Å². The number of nitrogens with zero attached hydrogens (tertiary/aromatic N) is 2. The van der Waals surface area contributed by atoms with Crippen LogP contribution in [0.15, 0.2) is 108 Å². The molecular formula is C32H30Cl3N3O4S. The fourth-order valence-electron chi connectivity index (χ4n) is 4.56. The van der Waals surface area contributed by atoms with E-state index in [0.29, 0.717) is 27.2 Å². The molecule has 0 fully saturated rings. The Bertz CT molecular complexity index is 1630. The first kappa shape index (κ1) is 32.4. The SMILES string of the molecule is CCNC(=O)[C@H](Cc1ccccc1)N(Cc1c(Cl)cccc1Cl)C(=O)CN(c1ccccc1)S(=O)(=O)c1ccc(Cl)cc1. The minimum absolute atomic E-state index is 0.0428. The summed E-state index contributed by atoms with van der Waals surface area (Å²) in [5.41, 5.74) is 1.53. The smallest absolute Gasteiger partial charge is 0.264 e. The molecule has 224 valence electrons. The highest BCUT2D eigenvalue weighted by Gasteiger charge is 2.35. The van der Waals surface area contributed by atoms with Crippen LogP contribution in [-0.4, -0.2) is 44.3 Å². The van der Waals surface area contributed by atoms with Crippen molar-refractivity contribution >= 4 is 62.3 Å². The first-order valence-electron chi connectivity index (χ1n) is 13.5. The number of benzene rings is 4. The van der Waals surface area contributed by atoms with Gasteiger partial charge in [-0.05, 0) is 61.0 Å². The molecule has 7 nitrogen and oxygen atoms in total. The molecular weight excluding hydrogens is 629 g/mol. The van der Waals surface area contributed by atoms with Crippen LogP contribution in [0.4, 0.5) is 5.69 Å². The topological polar surface area (TPSA) is 86.8 Å². The number of rotatable bonds is 12. The highest BCUT2D eigenvalue weighted by molar-refractivity contribution is 7.92. The van der Waals surface area contributed by atoms with Crippen molar-refractivity contribution in [3.05, 3.63) is 129 Å². The fourth-order valence-corrected chi connectivity index (χ4v) is 6.61. The van der Waals surface area contributed by atoms with Crippen molar-refractivity contribution < 1.29 is 18.0 Å². The molecule has 0 radical (unpaired) electrons. The second-order valence-corrected chi connectivity index (χ2v) is 12.7. The van der Waals surface area contributed by atoms with Gasteiger partial charge in [0.1, 0.15) is 12.6 Å². The summed E-state index contributed by atoms with van der Waals surface area (Å²) in [4.78, 5) is 29.2. The van der Waals surface area contributed by atoms with Crippen LogP contribution in [0.2, 0.25) is 15.1 Å². The highest BCUT2D eigenvalue weighted by Crippen LogP contribution is 2.29. The number of carbonyl (C=O) groups is 2. The number of halogens is 3. The van der Waals surface area contributed by atoms with Crippen molar-refractivity contribution in [1.82, 2.24) is 10.2 Å². The van der Waals surface area contributed by atoms with Gasteiger partial charge in [-0.15, -0.1) is 0 Å². The van der Waals surface area contributed by atoms with Crippen molar-refractivity contribution in [3.8, 4) is 0 Å². The third-order valence-electron chi connectivity index (χ3n) is 6.74. The molecule has 1 N–H and O–H groups in total. The number of hydrogen-bond donors (Lipinski definition) is 1. The Morgan fingerprint density at radius 2 is 1.37 bits per heavy atom. The Morgan fingerprint density at radius 1 is 0.791 bits per heavy atom. The van der Waals surface area contributed by atoms with Crippen LogP contribution in [0, 0.1) is 0 Å². The first-order chi connectivity index (χ1) is 20.6. The number of amides is 2. The van der Waals surface area contributed by atoms with E-state index in [2.05, 4.69) is 5.32 Å². The average Bonchev–Trinajstić information content (AvgIpc) is 3.00. The normalized spacial score (nSPS) is 11.9.